The molecular weight excluding hydrogens is 392 g/mol. The molecule has 24 heavy (non-hydrogen) atoms. The van der Waals surface area contributed by atoms with Crippen molar-refractivity contribution in [3.05, 3.63) is 20.8 Å². The van der Waals surface area contributed by atoms with Gasteiger partial charge in [-0.1, -0.05) is 13.8 Å². The van der Waals surface area contributed by atoms with Crippen LogP contribution < -0.4 is 0 Å². The summed E-state index contributed by atoms with van der Waals surface area (Å²) >= 11 is 4.87. The fourth-order valence-corrected chi connectivity index (χ4v) is 4.93. The Bertz CT molecular complexity index is 611. The van der Waals surface area contributed by atoms with Crippen LogP contribution in [0.4, 0.5) is 4.79 Å². The van der Waals surface area contributed by atoms with Crippen LogP contribution in [0.2, 0.25) is 0 Å². The van der Waals surface area contributed by atoms with Gasteiger partial charge in [0.15, 0.2) is 0 Å². The van der Waals surface area contributed by atoms with Gasteiger partial charge in [0, 0.05) is 19.1 Å². The number of piperidine rings is 1. The van der Waals surface area contributed by atoms with Crippen LogP contribution in [0.3, 0.4) is 0 Å². The molecule has 0 spiro atoms. The second-order valence-corrected chi connectivity index (χ2v) is 9.36. The molecule has 2 aliphatic rings. The van der Waals surface area contributed by atoms with Crippen molar-refractivity contribution in [2.24, 2.45) is 5.92 Å². The van der Waals surface area contributed by atoms with Crippen molar-refractivity contribution in [1.82, 2.24) is 9.80 Å². The molecule has 5 nitrogen and oxygen atoms in total. The average molecular weight is 415 g/mol. The Morgan fingerprint density at radius 2 is 2.08 bits per heavy atom. The van der Waals surface area contributed by atoms with Crippen LogP contribution in [-0.2, 0) is 4.74 Å². The molecular formula is C17H23BrN2O3S. The first-order chi connectivity index (χ1) is 11.5. The lowest BCUT2D eigenvalue weighted by Gasteiger charge is -2.38. The maximum atomic E-state index is 12.5. The van der Waals surface area contributed by atoms with Crippen LogP contribution >= 0.6 is 27.3 Å². The maximum Gasteiger partial charge on any atom is 0.410 e. The average Bonchev–Trinajstić information content (AvgIpc) is 3.13. The molecule has 0 aliphatic carbocycles. The van der Waals surface area contributed by atoms with E-state index in [1.807, 2.05) is 21.9 Å². The van der Waals surface area contributed by atoms with E-state index in [2.05, 4.69) is 29.8 Å². The Morgan fingerprint density at radius 1 is 1.38 bits per heavy atom. The number of nitrogens with zero attached hydrogens (tertiary/aromatic N) is 2. The summed E-state index contributed by atoms with van der Waals surface area (Å²) < 4.78 is 6.25. The number of carbonyl (C=O) groups is 2. The minimum Gasteiger partial charge on any atom is -0.447 e. The third-order valence-corrected chi connectivity index (χ3v) is 6.29. The highest BCUT2D eigenvalue weighted by Crippen LogP contribution is 2.29. The second kappa shape index (κ2) is 7.44. The molecule has 1 atom stereocenters. The van der Waals surface area contributed by atoms with Crippen molar-refractivity contribution in [3.63, 3.8) is 0 Å². The number of amides is 2. The molecule has 0 bridgehead atoms. The van der Waals surface area contributed by atoms with Crippen LogP contribution in [0.25, 0.3) is 0 Å². The Hall–Kier alpha value is -1.08. The number of likely N-dealkylation sites (tertiary alicyclic amines) is 1. The summed E-state index contributed by atoms with van der Waals surface area (Å²) in [4.78, 5) is 29.2. The number of rotatable bonds is 4. The summed E-state index contributed by atoms with van der Waals surface area (Å²) in [6, 6.07) is 4.13. The molecule has 2 saturated heterocycles. The summed E-state index contributed by atoms with van der Waals surface area (Å²) in [6.45, 7) is 6.22. The van der Waals surface area contributed by atoms with E-state index in [1.54, 1.807) is 0 Å². The van der Waals surface area contributed by atoms with Crippen LogP contribution in [0.15, 0.2) is 15.9 Å². The van der Waals surface area contributed by atoms with E-state index in [1.165, 1.54) is 11.3 Å². The maximum absolute atomic E-state index is 12.5. The lowest BCUT2D eigenvalue weighted by Crippen LogP contribution is -2.49. The SMILES string of the molecule is CC(C)CC1COC(=O)N1C1CCN(C(=O)c2ccc(Br)s2)CC1. The highest BCUT2D eigenvalue weighted by Gasteiger charge is 2.40. The zero-order valence-corrected chi connectivity index (χ0v) is 16.4. The lowest BCUT2D eigenvalue weighted by molar-refractivity contribution is 0.0635. The van der Waals surface area contributed by atoms with Crippen LogP contribution in [0, 0.1) is 5.92 Å². The van der Waals surface area contributed by atoms with Crippen molar-refractivity contribution >= 4 is 39.3 Å². The van der Waals surface area contributed by atoms with E-state index in [-0.39, 0.29) is 24.1 Å². The smallest absolute Gasteiger partial charge is 0.410 e. The summed E-state index contributed by atoms with van der Waals surface area (Å²) in [5, 5.41) is 0. The number of thiophene rings is 1. The number of cyclic esters (lactones) is 1. The summed E-state index contributed by atoms with van der Waals surface area (Å²) in [7, 11) is 0. The van der Waals surface area contributed by atoms with E-state index in [0.717, 1.165) is 27.9 Å². The third kappa shape index (κ3) is 3.77. The molecule has 0 saturated carbocycles. The van der Waals surface area contributed by atoms with E-state index < -0.39 is 0 Å². The van der Waals surface area contributed by atoms with Gasteiger partial charge in [0.25, 0.3) is 5.91 Å². The van der Waals surface area contributed by atoms with Gasteiger partial charge in [-0.05, 0) is 53.2 Å². The number of carbonyl (C=O) groups excluding carboxylic acids is 2. The number of ether oxygens (including phenoxy) is 1. The van der Waals surface area contributed by atoms with Gasteiger partial charge in [-0.25, -0.2) is 4.79 Å². The molecule has 2 amide bonds. The molecule has 7 heteroatoms. The molecule has 1 unspecified atom stereocenters. The van der Waals surface area contributed by atoms with Crippen LogP contribution in [-0.4, -0.2) is 53.6 Å². The predicted octanol–water partition coefficient (Wildman–Crippen LogP) is 3.98. The van der Waals surface area contributed by atoms with Gasteiger partial charge in [-0.15, -0.1) is 11.3 Å². The summed E-state index contributed by atoms with van der Waals surface area (Å²) in [5.74, 6) is 0.623. The highest BCUT2D eigenvalue weighted by atomic mass is 79.9. The standard InChI is InChI=1S/C17H23BrN2O3S/c1-11(2)9-13-10-23-17(22)20(13)12-5-7-19(8-6-12)16(21)14-3-4-15(18)24-14/h3-4,11-13H,5-10H2,1-2H3. The molecule has 0 aromatic carbocycles. The molecule has 1 aromatic heterocycles. The zero-order valence-electron chi connectivity index (χ0n) is 14.0. The predicted molar refractivity (Wildman–Crippen MR) is 97.4 cm³/mol. The van der Waals surface area contributed by atoms with Crippen molar-refractivity contribution in [1.29, 1.82) is 0 Å². The third-order valence-electron chi connectivity index (χ3n) is 4.68. The molecule has 2 fully saturated rings. The Morgan fingerprint density at radius 3 is 2.67 bits per heavy atom. The van der Waals surface area contributed by atoms with Gasteiger partial charge >= 0.3 is 6.09 Å². The van der Waals surface area contributed by atoms with Gasteiger partial charge in [-0.3, -0.25) is 9.69 Å². The monoisotopic (exact) mass is 414 g/mol. The van der Waals surface area contributed by atoms with Gasteiger partial charge in [0.1, 0.15) is 6.61 Å². The Kier molecular flexibility index (Phi) is 5.49. The molecule has 132 valence electrons. The molecule has 0 N–H and O–H groups in total. The molecule has 0 radical (unpaired) electrons. The van der Waals surface area contributed by atoms with E-state index in [0.29, 0.717) is 25.6 Å². The molecule has 2 aliphatic heterocycles. The minimum absolute atomic E-state index is 0.0897. The minimum atomic E-state index is -0.187. The first-order valence-corrected chi connectivity index (χ1v) is 10.1. The summed E-state index contributed by atoms with van der Waals surface area (Å²) in [5.41, 5.74) is 0. The molecule has 3 rings (SSSR count). The normalized spacial score (nSPS) is 22.3. The van der Waals surface area contributed by atoms with E-state index in [9.17, 15) is 9.59 Å². The Balaban J connectivity index is 1.60. The van der Waals surface area contributed by atoms with Crippen molar-refractivity contribution in [3.8, 4) is 0 Å². The van der Waals surface area contributed by atoms with Crippen molar-refractivity contribution < 1.29 is 14.3 Å². The first-order valence-electron chi connectivity index (χ1n) is 8.45. The summed E-state index contributed by atoms with van der Waals surface area (Å²) in [6.07, 6.45) is 2.42. The van der Waals surface area contributed by atoms with Gasteiger partial charge < -0.3 is 9.64 Å². The van der Waals surface area contributed by atoms with Gasteiger partial charge in [-0.2, -0.15) is 0 Å². The van der Waals surface area contributed by atoms with Gasteiger partial charge in [0.2, 0.25) is 0 Å². The molecule has 3 heterocycles. The van der Waals surface area contributed by atoms with Crippen LogP contribution in [0.1, 0.15) is 42.8 Å². The first kappa shape index (κ1) is 17.7. The number of hydrogen-bond acceptors (Lipinski definition) is 4. The molecule has 1 aromatic rings. The van der Waals surface area contributed by atoms with Crippen molar-refractivity contribution in [2.45, 2.75) is 45.2 Å². The lowest BCUT2D eigenvalue weighted by atomic mass is 9.98. The fraction of sp³-hybridized carbons (Fsp3) is 0.647. The quantitative estimate of drug-likeness (QED) is 0.748. The largest absolute Gasteiger partial charge is 0.447 e. The second-order valence-electron chi connectivity index (χ2n) is 6.89. The number of hydrogen-bond donors (Lipinski definition) is 0. The fourth-order valence-electron chi connectivity index (χ4n) is 3.58. The zero-order chi connectivity index (χ0) is 17.3. The highest BCUT2D eigenvalue weighted by molar-refractivity contribution is 9.11. The van der Waals surface area contributed by atoms with E-state index in [4.69, 9.17) is 4.74 Å². The van der Waals surface area contributed by atoms with Crippen LogP contribution in [0.5, 0.6) is 0 Å². The topological polar surface area (TPSA) is 49.9 Å². The number of halogens is 1. The Labute approximate surface area is 155 Å². The van der Waals surface area contributed by atoms with E-state index >= 15 is 0 Å². The van der Waals surface area contributed by atoms with Gasteiger partial charge in [0.05, 0.1) is 14.7 Å². The van der Waals surface area contributed by atoms with Crippen molar-refractivity contribution in [2.75, 3.05) is 19.7 Å².